The Morgan fingerprint density at radius 2 is 2.33 bits per heavy atom. The van der Waals surface area contributed by atoms with Gasteiger partial charge in [-0.05, 0) is 40.6 Å². The van der Waals surface area contributed by atoms with E-state index in [2.05, 4.69) is 28.0 Å². The third kappa shape index (κ3) is 1.42. The molecule has 1 heterocycles. The van der Waals surface area contributed by atoms with Crippen molar-refractivity contribution in [2.45, 2.75) is 26.2 Å². The predicted molar refractivity (Wildman–Crippen MR) is 52.0 cm³/mol. The molecule has 1 aliphatic rings. The Labute approximate surface area is 81.1 Å². The summed E-state index contributed by atoms with van der Waals surface area (Å²) in [4.78, 5) is 0. The van der Waals surface area contributed by atoms with Crippen LogP contribution in [0.15, 0.2) is 10.7 Å². The highest BCUT2D eigenvalue weighted by atomic mass is 79.9. The lowest BCUT2D eigenvalue weighted by atomic mass is 10.0. The highest BCUT2D eigenvalue weighted by Crippen LogP contribution is 2.48. The topological polar surface area (TPSA) is 17.8 Å². The fraction of sp³-hybridized carbons (Fsp3) is 0.667. The highest BCUT2D eigenvalue weighted by molar-refractivity contribution is 9.10. The molecule has 3 heteroatoms. The van der Waals surface area contributed by atoms with Gasteiger partial charge in [0.1, 0.15) is 0 Å². The van der Waals surface area contributed by atoms with Crippen molar-refractivity contribution in [3.8, 4) is 0 Å². The van der Waals surface area contributed by atoms with E-state index in [9.17, 15) is 0 Å². The van der Waals surface area contributed by atoms with Gasteiger partial charge in [0, 0.05) is 7.05 Å². The van der Waals surface area contributed by atoms with Crippen molar-refractivity contribution < 1.29 is 0 Å². The smallest absolute Gasteiger partial charge is 0.0635 e. The zero-order valence-corrected chi connectivity index (χ0v) is 9.06. The lowest BCUT2D eigenvalue weighted by Crippen LogP contribution is -2.05. The molecule has 0 saturated heterocycles. The van der Waals surface area contributed by atoms with E-state index in [1.165, 1.54) is 18.5 Å². The minimum atomic E-state index is 0.566. The van der Waals surface area contributed by atoms with E-state index in [1.54, 1.807) is 0 Å². The predicted octanol–water partition coefficient (Wildman–Crippen LogP) is 2.53. The van der Waals surface area contributed by atoms with Crippen LogP contribution in [-0.4, -0.2) is 9.78 Å². The van der Waals surface area contributed by atoms with Gasteiger partial charge in [-0.2, -0.15) is 5.10 Å². The van der Waals surface area contributed by atoms with Gasteiger partial charge in [-0.25, -0.2) is 0 Å². The minimum Gasteiger partial charge on any atom is -0.271 e. The van der Waals surface area contributed by atoms with Crippen LogP contribution in [0.1, 0.15) is 25.5 Å². The normalized spacial score (nSPS) is 19.6. The summed E-state index contributed by atoms with van der Waals surface area (Å²) in [6, 6.07) is 0. The van der Waals surface area contributed by atoms with Gasteiger partial charge in [0.05, 0.1) is 16.4 Å². The Bertz CT molecular complexity index is 280. The Kier molecular flexibility index (Phi) is 1.79. The van der Waals surface area contributed by atoms with Crippen molar-refractivity contribution in [2.24, 2.45) is 12.5 Å². The van der Waals surface area contributed by atoms with E-state index in [1.807, 2.05) is 17.9 Å². The molecular formula is C9H13BrN2. The molecule has 66 valence electrons. The molecule has 0 amide bonds. The average Bonchev–Trinajstić information content (AvgIpc) is 2.67. The van der Waals surface area contributed by atoms with Crippen molar-refractivity contribution in [3.05, 3.63) is 16.4 Å². The van der Waals surface area contributed by atoms with Crippen LogP contribution in [0.2, 0.25) is 0 Å². The maximum Gasteiger partial charge on any atom is 0.0635 e. The van der Waals surface area contributed by atoms with Crippen LogP contribution in [0.25, 0.3) is 0 Å². The fourth-order valence-electron chi connectivity index (χ4n) is 1.43. The largest absolute Gasteiger partial charge is 0.271 e. The van der Waals surface area contributed by atoms with Crippen LogP contribution in [0.5, 0.6) is 0 Å². The van der Waals surface area contributed by atoms with Crippen molar-refractivity contribution >= 4 is 15.9 Å². The van der Waals surface area contributed by atoms with Gasteiger partial charge in [0.2, 0.25) is 0 Å². The van der Waals surface area contributed by atoms with Gasteiger partial charge in [-0.15, -0.1) is 0 Å². The van der Waals surface area contributed by atoms with Crippen molar-refractivity contribution in [2.75, 3.05) is 0 Å². The van der Waals surface area contributed by atoms with E-state index in [4.69, 9.17) is 0 Å². The third-order valence-corrected chi connectivity index (χ3v) is 3.37. The van der Waals surface area contributed by atoms with Crippen molar-refractivity contribution in [3.63, 3.8) is 0 Å². The van der Waals surface area contributed by atoms with Crippen LogP contribution in [0.4, 0.5) is 0 Å². The highest BCUT2D eigenvalue weighted by Gasteiger charge is 2.38. The van der Waals surface area contributed by atoms with E-state index in [0.29, 0.717) is 5.41 Å². The third-order valence-electron chi connectivity index (χ3n) is 2.71. The molecular weight excluding hydrogens is 216 g/mol. The van der Waals surface area contributed by atoms with Crippen LogP contribution in [0, 0.1) is 5.41 Å². The first-order valence-electron chi connectivity index (χ1n) is 4.27. The molecule has 0 spiro atoms. The van der Waals surface area contributed by atoms with Gasteiger partial charge < -0.3 is 0 Å². The van der Waals surface area contributed by atoms with Crippen molar-refractivity contribution in [1.82, 2.24) is 9.78 Å². The molecule has 1 aliphatic carbocycles. The number of hydrogen-bond donors (Lipinski definition) is 0. The molecule has 1 fully saturated rings. The first kappa shape index (κ1) is 8.30. The monoisotopic (exact) mass is 228 g/mol. The van der Waals surface area contributed by atoms with Gasteiger partial charge in [0.15, 0.2) is 0 Å². The quantitative estimate of drug-likeness (QED) is 0.761. The standard InChI is InChI=1S/C9H13BrN2/c1-9(3-4-9)5-8-7(10)6-11-12(8)2/h6H,3-5H2,1-2H3. The molecule has 12 heavy (non-hydrogen) atoms. The average molecular weight is 229 g/mol. The van der Waals surface area contributed by atoms with Gasteiger partial charge in [0.25, 0.3) is 0 Å². The number of aromatic nitrogens is 2. The molecule has 1 aromatic rings. The van der Waals surface area contributed by atoms with Crippen LogP contribution in [0.3, 0.4) is 0 Å². The molecule has 2 nitrogen and oxygen atoms in total. The summed E-state index contributed by atoms with van der Waals surface area (Å²) in [5.74, 6) is 0. The zero-order valence-electron chi connectivity index (χ0n) is 7.47. The summed E-state index contributed by atoms with van der Waals surface area (Å²) in [5, 5.41) is 4.20. The summed E-state index contributed by atoms with van der Waals surface area (Å²) >= 11 is 3.51. The van der Waals surface area contributed by atoms with Gasteiger partial charge >= 0.3 is 0 Å². The van der Waals surface area contributed by atoms with Gasteiger partial charge in [-0.3, -0.25) is 4.68 Å². The maximum absolute atomic E-state index is 4.20. The lowest BCUT2D eigenvalue weighted by molar-refractivity contribution is 0.535. The Morgan fingerprint density at radius 1 is 1.67 bits per heavy atom. The second-order valence-corrected chi connectivity index (χ2v) is 4.90. The summed E-state index contributed by atoms with van der Waals surface area (Å²) in [7, 11) is 2.01. The van der Waals surface area contributed by atoms with E-state index < -0.39 is 0 Å². The Morgan fingerprint density at radius 3 is 2.75 bits per heavy atom. The van der Waals surface area contributed by atoms with Gasteiger partial charge in [-0.1, -0.05) is 6.92 Å². The second kappa shape index (κ2) is 2.59. The number of hydrogen-bond acceptors (Lipinski definition) is 1. The van der Waals surface area contributed by atoms with Crippen LogP contribution in [-0.2, 0) is 13.5 Å². The Hall–Kier alpha value is -0.310. The first-order valence-corrected chi connectivity index (χ1v) is 5.06. The molecule has 0 unspecified atom stereocenters. The number of halogens is 1. The van der Waals surface area contributed by atoms with Crippen LogP contribution < -0.4 is 0 Å². The van der Waals surface area contributed by atoms with E-state index in [0.717, 1.165) is 10.9 Å². The molecule has 0 atom stereocenters. The fourth-order valence-corrected chi connectivity index (χ4v) is 1.92. The molecule has 1 saturated carbocycles. The van der Waals surface area contributed by atoms with Crippen LogP contribution >= 0.6 is 15.9 Å². The zero-order chi connectivity index (χ0) is 8.77. The van der Waals surface area contributed by atoms with E-state index in [-0.39, 0.29) is 0 Å². The minimum absolute atomic E-state index is 0.566. The molecule has 0 N–H and O–H groups in total. The Balaban J connectivity index is 2.21. The molecule has 1 aromatic heterocycles. The molecule has 0 radical (unpaired) electrons. The number of nitrogens with zero attached hydrogens (tertiary/aromatic N) is 2. The number of aryl methyl sites for hydroxylation is 1. The summed E-state index contributed by atoms with van der Waals surface area (Å²) in [6.07, 6.45) is 5.76. The maximum atomic E-state index is 4.20. The lowest BCUT2D eigenvalue weighted by Gasteiger charge is -2.08. The SMILES string of the molecule is Cn1ncc(Br)c1CC1(C)CC1. The molecule has 2 rings (SSSR count). The summed E-state index contributed by atoms with van der Waals surface area (Å²) in [6.45, 7) is 2.34. The first-order chi connectivity index (χ1) is 5.61. The molecule has 0 aliphatic heterocycles. The summed E-state index contributed by atoms with van der Waals surface area (Å²) in [5.41, 5.74) is 1.89. The molecule has 0 bridgehead atoms. The summed E-state index contributed by atoms with van der Waals surface area (Å²) < 4.78 is 3.12. The second-order valence-electron chi connectivity index (χ2n) is 4.05. The van der Waals surface area contributed by atoms with Crippen molar-refractivity contribution in [1.29, 1.82) is 0 Å². The molecule has 0 aromatic carbocycles. The number of rotatable bonds is 2. The van der Waals surface area contributed by atoms with E-state index >= 15 is 0 Å².